The van der Waals surface area contributed by atoms with Crippen LogP contribution in [0.15, 0.2) is 18.2 Å². The van der Waals surface area contributed by atoms with Crippen LogP contribution in [0.4, 0.5) is 0 Å². The number of phenolic OH excluding ortho intramolecular Hbond substituents is 1. The number of carbonyl (C=O) groups is 1. The lowest BCUT2D eigenvalue weighted by Gasteiger charge is -2.15. The molecule has 0 atom stereocenters. The fraction of sp³-hybridized carbons (Fsp3) is 0.462. The smallest absolute Gasteiger partial charge is 0.236 e. The monoisotopic (exact) mass is 236 g/mol. The van der Waals surface area contributed by atoms with Crippen LogP contribution in [0.5, 0.6) is 5.75 Å². The van der Waals surface area contributed by atoms with Crippen LogP contribution < -0.4 is 5.32 Å². The first kappa shape index (κ1) is 13.5. The first-order chi connectivity index (χ1) is 8.06. The Hall–Kier alpha value is -1.55. The summed E-state index contributed by atoms with van der Waals surface area (Å²) >= 11 is 0. The third-order valence-electron chi connectivity index (χ3n) is 2.81. The van der Waals surface area contributed by atoms with Crippen molar-refractivity contribution in [2.24, 2.45) is 0 Å². The summed E-state index contributed by atoms with van der Waals surface area (Å²) in [5, 5.41) is 12.8. The van der Waals surface area contributed by atoms with Crippen LogP contribution in [0.2, 0.25) is 0 Å². The predicted molar refractivity (Wildman–Crippen MR) is 67.9 cm³/mol. The van der Waals surface area contributed by atoms with Gasteiger partial charge in [0.15, 0.2) is 0 Å². The van der Waals surface area contributed by atoms with E-state index in [2.05, 4.69) is 5.32 Å². The second kappa shape index (κ2) is 6.25. The molecule has 0 unspecified atom stereocenters. The van der Waals surface area contributed by atoms with Gasteiger partial charge in [-0.2, -0.15) is 0 Å². The lowest BCUT2D eigenvalue weighted by Crippen LogP contribution is -2.35. The van der Waals surface area contributed by atoms with Gasteiger partial charge in [0, 0.05) is 25.7 Å². The average Bonchev–Trinajstić information content (AvgIpc) is 2.33. The molecular weight excluding hydrogens is 216 g/mol. The molecule has 0 spiro atoms. The first-order valence-corrected chi connectivity index (χ1v) is 5.78. The van der Waals surface area contributed by atoms with Crippen LogP contribution in [-0.4, -0.2) is 36.1 Å². The van der Waals surface area contributed by atoms with Crippen molar-refractivity contribution in [1.29, 1.82) is 0 Å². The van der Waals surface area contributed by atoms with Gasteiger partial charge in [0.1, 0.15) is 5.75 Å². The third-order valence-corrected chi connectivity index (χ3v) is 2.81. The van der Waals surface area contributed by atoms with Crippen LogP contribution >= 0.6 is 0 Å². The summed E-state index contributed by atoms with van der Waals surface area (Å²) < 4.78 is 0. The molecule has 0 saturated heterocycles. The van der Waals surface area contributed by atoms with Gasteiger partial charge in [0.25, 0.3) is 0 Å². The van der Waals surface area contributed by atoms with Crippen molar-refractivity contribution >= 4 is 5.91 Å². The summed E-state index contributed by atoms with van der Waals surface area (Å²) in [5.74, 6) is 0.357. The third kappa shape index (κ3) is 3.75. The molecule has 4 nitrogen and oxygen atoms in total. The Kier molecular flexibility index (Phi) is 4.97. The summed E-state index contributed by atoms with van der Waals surface area (Å²) in [4.78, 5) is 13.2. The summed E-state index contributed by atoms with van der Waals surface area (Å²) in [6.45, 7) is 5.28. The molecule has 0 fully saturated rings. The molecule has 0 aliphatic heterocycles. The van der Waals surface area contributed by atoms with Crippen molar-refractivity contribution in [3.8, 4) is 5.75 Å². The Morgan fingerprint density at radius 2 is 2.18 bits per heavy atom. The highest BCUT2D eigenvalue weighted by Gasteiger charge is 2.07. The van der Waals surface area contributed by atoms with Gasteiger partial charge in [-0.1, -0.05) is 18.2 Å². The maximum Gasteiger partial charge on any atom is 0.236 e. The topological polar surface area (TPSA) is 52.6 Å². The number of hydrogen-bond donors (Lipinski definition) is 2. The van der Waals surface area contributed by atoms with Gasteiger partial charge in [-0.05, 0) is 19.4 Å². The van der Waals surface area contributed by atoms with Gasteiger partial charge in [-0.15, -0.1) is 0 Å². The number of amides is 1. The van der Waals surface area contributed by atoms with E-state index in [0.29, 0.717) is 18.8 Å². The number of benzene rings is 1. The quantitative estimate of drug-likeness (QED) is 0.809. The SMILES string of the molecule is CCN(C)C(=O)CNCc1cccc(C)c1O. The molecule has 0 radical (unpaired) electrons. The molecule has 1 amide bonds. The van der Waals surface area contributed by atoms with E-state index in [1.807, 2.05) is 32.0 Å². The molecule has 0 aliphatic rings. The molecule has 2 N–H and O–H groups in total. The molecule has 0 heterocycles. The van der Waals surface area contributed by atoms with Crippen LogP contribution in [-0.2, 0) is 11.3 Å². The minimum absolute atomic E-state index is 0.0552. The molecule has 1 rings (SSSR count). The fourth-order valence-corrected chi connectivity index (χ4v) is 1.48. The average molecular weight is 236 g/mol. The molecule has 1 aromatic rings. The van der Waals surface area contributed by atoms with E-state index in [1.54, 1.807) is 11.9 Å². The Morgan fingerprint density at radius 3 is 2.82 bits per heavy atom. The van der Waals surface area contributed by atoms with Crippen LogP contribution in [0.25, 0.3) is 0 Å². The maximum absolute atomic E-state index is 11.5. The van der Waals surface area contributed by atoms with Crippen molar-refractivity contribution in [2.45, 2.75) is 20.4 Å². The molecule has 1 aromatic carbocycles. The zero-order valence-electron chi connectivity index (χ0n) is 10.7. The number of para-hydroxylation sites is 1. The van der Waals surface area contributed by atoms with Gasteiger partial charge in [0.2, 0.25) is 5.91 Å². The Balaban J connectivity index is 2.46. The van der Waals surface area contributed by atoms with Crippen LogP contribution in [0, 0.1) is 6.92 Å². The number of nitrogens with zero attached hydrogens (tertiary/aromatic N) is 1. The first-order valence-electron chi connectivity index (χ1n) is 5.78. The van der Waals surface area contributed by atoms with Crippen LogP contribution in [0.3, 0.4) is 0 Å². The van der Waals surface area contributed by atoms with E-state index in [-0.39, 0.29) is 12.5 Å². The normalized spacial score (nSPS) is 10.3. The zero-order chi connectivity index (χ0) is 12.8. The number of carbonyl (C=O) groups excluding carboxylic acids is 1. The van der Waals surface area contributed by atoms with Crippen molar-refractivity contribution in [3.05, 3.63) is 29.3 Å². The number of rotatable bonds is 5. The number of nitrogens with one attached hydrogen (secondary N) is 1. The van der Waals surface area contributed by atoms with Gasteiger partial charge < -0.3 is 15.3 Å². The van der Waals surface area contributed by atoms with E-state index in [4.69, 9.17) is 0 Å². The lowest BCUT2D eigenvalue weighted by atomic mass is 10.1. The van der Waals surface area contributed by atoms with E-state index < -0.39 is 0 Å². The molecular formula is C13H20N2O2. The van der Waals surface area contributed by atoms with Gasteiger partial charge in [0.05, 0.1) is 6.54 Å². The van der Waals surface area contributed by atoms with Crippen molar-refractivity contribution in [2.75, 3.05) is 20.1 Å². The van der Waals surface area contributed by atoms with E-state index >= 15 is 0 Å². The minimum atomic E-state index is 0.0552. The number of phenols is 1. The van der Waals surface area contributed by atoms with Crippen molar-refractivity contribution in [1.82, 2.24) is 10.2 Å². The number of aryl methyl sites for hydroxylation is 1. The van der Waals surface area contributed by atoms with E-state index in [0.717, 1.165) is 11.1 Å². The van der Waals surface area contributed by atoms with Crippen molar-refractivity contribution < 1.29 is 9.90 Å². The number of aromatic hydroxyl groups is 1. The zero-order valence-corrected chi connectivity index (χ0v) is 10.7. The second-order valence-corrected chi connectivity index (χ2v) is 4.09. The Morgan fingerprint density at radius 1 is 1.47 bits per heavy atom. The summed E-state index contributed by atoms with van der Waals surface area (Å²) in [6.07, 6.45) is 0. The van der Waals surface area contributed by atoms with Gasteiger partial charge in [-0.25, -0.2) is 0 Å². The molecule has 0 aliphatic carbocycles. The van der Waals surface area contributed by atoms with Crippen LogP contribution in [0.1, 0.15) is 18.1 Å². The largest absolute Gasteiger partial charge is 0.507 e. The number of hydrogen-bond acceptors (Lipinski definition) is 3. The standard InChI is InChI=1S/C13H20N2O2/c1-4-15(3)12(16)9-14-8-11-7-5-6-10(2)13(11)17/h5-7,14,17H,4,8-9H2,1-3H3. The molecule has 0 bridgehead atoms. The Bertz CT molecular complexity index is 391. The highest BCUT2D eigenvalue weighted by molar-refractivity contribution is 5.77. The molecule has 0 aromatic heterocycles. The minimum Gasteiger partial charge on any atom is -0.507 e. The highest BCUT2D eigenvalue weighted by Crippen LogP contribution is 2.20. The molecule has 94 valence electrons. The molecule has 17 heavy (non-hydrogen) atoms. The summed E-state index contributed by atoms with van der Waals surface area (Å²) in [6, 6.07) is 5.60. The summed E-state index contributed by atoms with van der Waals surface area (Å²) in [5.41, 5.74) is 1.67. The summed E-state index contributed by atoms with van der Waals surface area (Å²) in [7, 11) is 1.77. The molecule has 0 saturated carbocycles. The van der Waals surface area contributed by atoms with E-state index in [9.17, 15) is 9.90 Å². The highest BCUT2D eigenvalue weighted by atomic mass is 16.3. The fourth-order valence-electron chi connectivity index (χ4n) is 1.48. The van der Waals surface area contributed by atoms with Gasteiger partial charge in [-0.3, -0.25) is 4.79 Å². The maximum atomic E-state index is 11.5. The molecule has 4 heteroatoms. The second-order valence-electron chi connectivity index (χ2n) is 4.09. The predicted octanol–water partition coefficient (Wildman–Crippen LogP) is 1.27. The Labute approximate surface area is 102 Å². The lowest BCUT2D eigenvalue weighted by molar-refractivity contribution is -0.128. The van der Waals surface area contributed by atoms with E-state index in [1.165, 1.54) is 0 Å². The van der Waals surface area contributed by atoms with Gasteiger partial charge >= 0.3 is 0 Å². The number of likely N-dealkylation sites (N-methyl/N-ethyl adjacent to an activating group) is 1. The van der Waals surface area contributed by atoms with Crippen molar-refractivity contribution in [3.63, 3.8) is 0 Å².